The number of nitrogens with one attached hydrogen (secondary N) is 1. The summed E-state index contributed by atoms with van der Waals surface area (Å²) in [6, 6.07) is 2.80. The number of allylic oxidation sites excluding steroid dienone is 1. The Kier molecular flexibility index (Phi) is 3.31. The highest BCUT2D eigenvalue weighted by Crippen LogP contribution is 2.07. The van der Waals surface area contributed by atoms with Crippen LogP contribution in [0, 0.1) is 11.4 Å². The summed E-state index contributed by atoms with van der Waals surface area (Å²) in [5.41, 5.74) is 1.14. The van der Waals surface area contributed by atoms with Crippen molar-refractivity contribution in [2.75, 3.05) is 0 Å². The quantitative estimate of drug-likeness (QED) is 0.560. The second-order valence-electron chi connectivity index (χ2n) is 2.56. The van der Waals surface area contributed by atoms with E-state index in [0.29, 0.717) is 11.3 Å². The van der Waals surface area contributed by atoms with Gasteiger partial charge in [-0.2, -0.15) is 4.39 Å². The molecule has 1 aromatic heterocycles. The molecule has 1 heterocycles. The standard InChI is InChI=1S/C10H11FN2/c1-2-3-4-9-8(7-12)5-6-10(11)13-9/h3-7,12H,2H2,1H3/b4-3-,12-7?. The second kappa shape index (κ2) is 4.50. The Morgan fingerprint density at radius 3 is 2.92 bits per heavy atom. The average molecular weight is 178 g/mol. The molecule has 3 heteroatoms. The lowest BCUT2D eigenvalue weighted by Gasteiger charge is -1.98. The molecule has 1 rings (SSSR count). The number of aromatic nitrogens is 1. The molecule has 0 unspecified atom stereocenters. The van der Waals surface area contributed by atoms with Crippen LogP contribution in [-0.2, 0) is 0 Å². The number of halogens is 1. The van der Waals surface area contributed by atoms with Gasteiger partial charge in [0.05, 0.1) is 5.69 Å². The van der Waals surface area contributed by atoms with Gasteiger partial charge in [0.2, 0.25) is 5.95 Å². The van der Waals surface area contributed by atoms with Crippen LogP contribution >= 0.6 is 0 Å². The molecular formula is C10H11FN2. The van der Waals surface area contributed by atoms with Crippen molar-refractivity contribution >= 4 is 12.3 Å². The molecule has 1 N–H and O–H groups in total. The minimum absolute atomic E-state index is 0.511. The smallest absolute Gasteiger partial charge is 0.213 e. The zero-order valence-corrected chi connectivity index (χ0v) is 7.42. The van der Waals surface area contributed by atoms with E-state index in [1.54, 1.807) is 12.1 Å². The van der Waals surface area contributed by atoms with Crippen molar-refractivity contribution in [2.45, 2.75) is 13.3 Å². The number of hydrogen-bond acceptors (Lipinski definition) is 2. The first-order valence-corrected chi connectivity index (χ1v) is 4.11. The minimum atomic E-state index is -0.513. The van der Waals surface area contributed by atoms with E-state index in [0.717, 1.165) is 6.42 Å². The molecule has 68 valence electrons. The molecule has 0 bridgehead atoms. The van der Waals surface area contributed by atoms with Gasteiger partial charge in [-0.3, -0.25) is 0 Å². The Labute approximate surface area is 76.6 Å². The summed E-state index contributed by atoms with van der Waals surface area (Å²) in [5, 5.41) is 7.07. The summed E-state index contributed by atoms with van der Waals surface area (Å²) in [6.45, 7) is 1.99. The van der Waals surface area contributed by atoms with Gasteiger partial charge in [-0.25, -0.2) is 4.98 Å². The van der Waals surface area contributed by atoms with Crippen molar-refractivity contribution in [1.29, 1.82) is 5.41 Å². The van der Waals surface area contributed by atoms with Gasteiger partial charge in [0, 0.05) is 11.8 Å². The predicted molar refractivity (Wildman–Crippen MR) is 51.4 cm³/mol. The Morgan fingerprint density at radius 1 is 1.54 bits per heavy atom. The summed E-state index contributed by atoms with van der Waals surface area (Å²) >= 11 is 0. The molecule has 0 aromatic carbocycles. The van der Waals surface area contributed by atoms with Gasteiger partial charge in [-0.15, -0.1) is 0 Å². The first kappa shape index (κ1) is 9.58. The van der Waals surface area contributed by atoms with Crippen LogP contribution in [0.1, 0.15) is 24.6 Å². The van der Waals surface area contributed by atoms with Gasteiger partial charge in [-0.05, 0) is 24.6 Å². The predicted octanol–water partition coefficient (Wildman–Crippen LogP) is 2.64. The fraction of sp³-hybridized carbons (Fsp3) is 0.200. The summed E-state index contributed by atoms with van der Waals surface area (Å²) in [5.74, 6) is -0.513. The summed E-state index contributed by atoms with van der Waals surface area (Å²) in [4.78, 5) is 3.68. The molecule has 0 amide bonds. The van der Waals surface area contributed by atoms with Crippen molar-refractivity contribution in [3.05, 3.63) is 35.4 Å². The molecule has 0 aliphatic heterocycles. The van der Waals surface area contributed by atoms with Crippen LogP contribution in [-0.4, -0.2) is 11.2 Å². The minimum Gasteiger partial charge on any atom is -0.308 e. The first-order chi connectivity index (χ1) is 6.27. The number of pyridine rings is 1. The Hall–Kier alpha value is -1.51. The third-order valence-electron chi connectivity index (χ3n) is 1.59. The first-order valence-electron chi connectivity index (χ1n) is 4.11. The van der Waals surface area contributed by atoms with E-state index < -0.39 is 5.95 Å². The number of hydrogen-bond donors (Lipinski definition) is 1. The van der Waals surface area contributed by atoms with Gasteiger partial charge < -0.3 is 5.41 Å². The molecule has 13 heavy (non-hydrogen) atoms. The van der Waals surface area contributed by atoms with Gasteiger partial charge in [0.15, 0.2) is 0 Å². The van der Waals surface area contributed by atoms with Crippen molar-refractivity contribution in [3.8, 4) is 0 Å². The molecule has 0 radical (unpaired) electrons. The fourth-order valence-corrected chi connectivity index (χ4v) is 0.946. The largest absolute Gasteiger partial charge is 0.308 e. The van der Waals surface area contributed by atoms with Crippen molar-refractivity contribution in [2.24, 2.45) is 0 Å². The average Bonchev–Trinajstić information content (AvgIpc) is 2.15. The van der Waals surface area contributed by atoms with E-state index in [4.69, 9.17) is 5.41 Å². The monoisotopic (exact) mass is 178 g/mol. The molecule has 0 aliphatic rings. The second-order valence-corrected chi connectivity index (χ2v) is 2.56. The van der Waals surface area contributed by atoms with E-state index in [9.17, 15) is 4.39 Å². The Balaban J connectivity index is 3.08. The molecule has 1 aromatic rings. The maximum atomic E-state index is 12.7. The zero-order valence-electron chi connectivity index (χ0n) is 7.42. The molecule has 0 fully saturated rings. The number of nitrogens with zero attached hydrogens (tertiary/aromatic N) is 1. The topological polar surface area (TPSA) is 36.7 Å². The lowest BCUT2D eigenvalue weighted by molar-refractivity contribution is 0.582. The van der Waals surface area contributed by atoms with E-state index in [-0.39, 0.29) is 0 Å². The van der Waals surface area contributed by atoms with Gasteiger partial charge in [-0.1, -0.05) is 13.0 Å². The van der Waals surface area contributed by atoms with E-state index in [2.05, 4.69) is 4.98 Å². The molecule has 2 nitrogen and oxygen atoms in total. The lowest BCUT2D eigenvalue weighted by atomic mass is 10.2. The van der Waals surface area contributed by atoms with E-state index >= 15 is 0 Å². The van der Waals surface area contributed by atoms with Crippen LogP contribution < -0.4 is 0 Å². The normalized spacial score (nSPS) is 10.6. The Morgan fingerprint density at radius 2 is 2.31 bits per heavy atom. The summed E-state index contributed by atoms with van der Waals surface area (Å²) in [7, 11) is 0. The van der Waals surface area contributed by atoms with Crippen LogP contribution in [0.25, 0.3) is 6.08 Å². The van der Waals surface area contributed by atoms with Crippen molar-refractivity contribution < 1.29 is 4.39 Å². The molecule has 0 aliphatic carbocycles. The van der Waals surface area contributed by atoms with Crippen molar-refractivity contribution in [1.82, 2.24) is 4.98 Å². The third-order valence-corrected chi connectivity index (χ3v) is 1.59. The van der Waals surface area contributed by atoms with Crippen LogP contribution in [0.2, 0.25) is 0 Å². The van der Waals surface area contributed by atoms with Gasteiger partial charge in [0.25, 0.3) is 0 Å². The zero-order chi connectivity index (χ0) is 9.68. The van der Waals surface area contributed by atoms with Gasteiger partial charge in [0.1, 0.15) is 0 Å². The highest BCUT2D eigenvalue weighted by Gasteiger charge is 1.99. The Bertz CT molecular complexity index is 332. The maximum absolute atomic E-state index is 12.7. The molecule has 0 spiro atoms. The summed E-state index contributed by atoms with van der Waals surface area (Å²) in [6.07, 6.45) is 5.65. The van der Waals surface area contributed by atoms with Crippen LogP contribution in [0.4, 0.5) is 4.39 Å². The molecule has 0 saturated carbocycles. The third kappa shape index (κ3) is 2.47. The maximum Gasteiger partial charge on any atom is 0.213 e. The molecule has 0 atom stereocenters. The van der Waals surface area contributed by atoms with E-state index in [1.165, 1.54) is 12.3 Å². The van der Waals surface area contributed by atoms with Crippen molar-refractivity contribution in [3.63, 3.8) is 0 Å². The summed E-state index contributed by atoms with van der Waals surface area (Å²) < 4.78 is 12.7. The van der Waals surface area contributed by atoms with E-state index in [1.807, 2.05) is 13.0 Å². The highest BCUT2D eigenvalue weighted by molar-refractivity contribution is 5.82. The fourth-order valence-electron chi connectivity index (χ4n) is 0.946. The molecule has 0 saturated heterocycles. The molecular weight excluding hydrogens is 167 g/mol. The van der Waals surface area contributed by atoms with Gasteiger partial charge >= 0.3 is 0 Å². The van der Waals surface area contributed by atoms with Crippen LogP contribution in [0.5, 0.6) is 0 Å². The van der Waals surface area contributed by atoms with Crippen LogP contribution in [0.15, 0.2) is 18.2 Å². The SMILES string of the molecule is CC/C=C\c1nc(F)ccc1C=N. The van der Waals surface area contributed by atoms with Crippen LogP contribution in [0.3, 0.4) is 0 Å². The lowest BCUT2D eigenvalue weighted by Crippen LogP contribution is -1.93. The highest BCUT2D eigenvalue weighted by atomic mass is 19.1. The number of rotatable bonds is 3.